The molecule has 0 saturated heterocycles. The van der Waals surface area contributed by atoms with Crippen molar-refractivity contribution in [3.8, 4) is 0 Å². The average Bonchev–Trinajstić information content (AvgIpc) is 2.48. The first-order chi connectivity index (χ1) is 9.84. The molecule has 2 rings (SSSR count). The van der Waals surface area contributed by atoms with Crippen LogP contribution in [0.5, 0.6) is 0 Å². The van der Waals surface area contributed by atoms with Gasteiger partial charge in [-0.25, -0.2) is 0 Å². The average molecular weight is 294 g/mol. The molecule has 2 aliphatic rings. The molecule has 21 heavy (non-hydrogen) atoms. The maximum absolute atomic E-state index is 12.5. The molecule has 0 unspecified atom stereocenters. The summed E-state index contributed by atoms with van der Waals surface area (Å²) in [6, 6.07) is 0. The summed E-state index contributed by atoms with van der Waals surface area (Å²) in [5.74, 6) is 1.13. The van der Waals surface area contributed by atoms with E-state index in [0.717, 1.165) is 0 Å². The van der Waals surface area contributed by atoms with Gasteiger partial charge in [0.05, 0.1) is 5.41 Å². The van der Waals surface area contributed by atoms with Gasteiger partial charge in [0.25, 0.3) is 0 Å². The van der Waals surface area contributed by atoms with E-state index >= 15 is 0 Å². The zero-order valence-corrected chi connectivity index (χ0v) is 14.5. The molecule has 0 aromatic heterocycles. The van der Waals surface area contributed by atoms with Crippen LogP contribution in [0.4, 0.5) is 0 Å². The van der Waals surface area contributed by atoms with Crippen molar-refractivity contribution in [1.29, 1.82) is 0 Å². The van der Waals surface area contributed by atoms with Gasteiger partial charge in [-0.3, -0.25) is 4.79 Å². The second-order valence-electron chi connectivity index (χ2n) is 8.49. The van der Waals surface area contributed by atoms with Crippen molar-refractivity contribution in [2.24, 2.45) is 17.3 Å². The molecule has 2 nitrogen and oxygen atoms in total. The van der Waals surface area contributed by atoms with E-state index in [1.807, 2.05) is 20.8 Å². The number of ether oxygens (including phenoxy) is 1. The lowest BCUT2D eigenvalue weighted by molar-refractivity contribution is -0.186. The first-order valence-electron chi connectivity index (χ1n) is 9.07. The fourth-order valence-electron chi connectivity index (χ4n) is 4.20. The largest absolute Gasteiger partial charge is 0.458 e. The van der Waals surface area contributed by atoms with Gasteiger partial charge in [0.15, 0.2) is 0 Å². The Morgan fingerprint density at radius 1 is 0.762 bits per heavy atom. The van der Waals surface area contributed by atoms with Crippen LogP contribution in [0.15, 0.2) is 0 Å². The van der Waals surface area contributed by atoms with Crippen LogP contribution in [0.25, 0.3) is 0 Å². The Kier molecular flexibility index (Phi) is 5.38. The number of rotatable bonds is 3. The predicted molar refractivity (Wildman–Crippen MR) is 87.1 cm³/mol. The quantitative estimate of drug-likeness (QED) is 0.643. The third-order valence-corrected chi connectivity index (χ3v) is 5.76. The Bertz CT molecular complexity index is 323. The highest BCUT2D eigenvalue weighted by Crippen LogP contribution is 2.45. The number of carbonyl (C=O) groups excluding carboxylic acids is 1. The normalized spacial score (nSPS) is 23.0. The topological polar surface area (TPSA) is 26.3 Å². The second kappa shape index (κ2) is 6.71. The highest BCUT2D eigenvalue weighted by molar-refractivity contribution is 5.75. The molecule has 0 N–H and O–H groups in total. The van der Waals surface area contributed by atoms with Crippen LogP contribution >= 0.6 is 0 Å². The Morgan fingerprint density at radius 2 is 1.14 bits per heavy atom. The van der Waals surface area contributed by atoms with E-state index < -0.39 is 5.41 Å². The van der Waals surface area contributed by atoms with Crippen molar-refractivity contribution < 1.29 is 9.53 Å². The molecule has 0 radical (unpaired) electrons. The van der Waals surface area contributed by atoms with Gasteiger partial charge in [0.1, 0.15) is 5.60 Å². The van der Waals surface area contributed by atoms with E-state index in [1.165, 1.54) is 64.2 Å². The zero-order chi connectivity index (χ0) is 15.5. The zero-order valence-electron chi connectivity index (χ0n) is 14.5. The minimum Gasteiger partial charge on any atom is -0.458 e. The van der Waals surface area contributed by atoms with E-state index in [2.05, 4.69) is 6.92 Å². The van der Waals surface area contributed by atoms with Crippen LogP contribution in [0.1, 0.15) is 91.9 Å². The van der Waals surface area contributed by atoms with Gasteiger partial charge in [-0.05, 0) is 65.2 Å². The summed E-state index contributed by atoms with van der Waals surface area (Å²) < 4.78 is 6.24. The molecule has 2 heteroatoms. The van der Waals surface area contributed by atoms with Gasteiger partial charge in [0, 0.05) is 0 Å². The van der Waals surface area contributed by atoms with E-state index in [0.29, 0.717) is 11.8 Å². The van der Waals surface area contributed by atoms with Gasteiger partial charge >= 0.3 is 5.97 Å². The fraction of sp³-hybridized carbons (Fsp3) is 0.947. The molecule has 2 saturated carbocycles. The SMILES string of the molecule is CC(C)(C)C(=O)OC(C)(C1CCCCC1)C1CCCCC1. The Labute approximate surface area is 131 Å². The van der Waals surface area contributed by atoms with Crippen molar-refractivity contribution in [2.45, 2.75) is 97.5 Å². The summed E-state index contributed by atoms with van der Waals surface area (Å²) in [4.78, 5) is 12.5. The first kappa shape index (κ1) is 16.8. The lowest BCUT2D eigenvalue weighted by atomic mass is 9.67. The summed E-state index contributed by atoms with van der Waals surface area (Å²) in [6.07, 6.45) is 12.9. The van der Waals surface area contributed by atoms with Crippen LogP contribution in [0.3, 0.4) is 0 Å². The second-order valence-corrected chi connectivity index (χ2v) is 8.49. The van der Waals surface area contributed by atoms with Crippen molar-refractivity contribution in [1.82, 2.24) is 0 Å². The highest BCUT2D eigenvalue weighted by Gasteiger charge is 2.46. The molecule has 122 valence electrons. The van der Waals surface area contributed by atoms with Gasteiger partial charge in [-0.15, -0.1) is 0 Å². The van der Waals surface area contributed by atoms with Gasteiger partial charge < -0.3 is 4.74 Å². The van der Waals surface area contributed by atoms with Crippen molar-refractivity contribution >= 4 is 5.97 Å². The lowest BCUT2D eigenvalue weighted by Gasteiger charge is -2.47. The molecule has 0 spiro atoms. The van der Waals surface area contributed by atoms with Gasteiger partial charge in [-0.1, -0.05) is 38.5 Å². The Balaban J connectivity index is 2.17. The van der Waals surface area contributed by atoms with Crippen LogP contribution < -0.4 is 0 Å². The summed E-state index contributed by atoms with van der Waals surface area (Å²) in [6.45, 7) is 8.16. The predicted octanol–water partition coefficient (Wildman–Crippen LogP) is 5.50. The molecule has 0 atom stereocenters. The summed E-state index contributed by atoms with van der Waals surface area (Å²) in [5.41, 5.74) is -0.629. The van der Waals surface area contributed by atoms with Crippen molar-refractivity contribution in [2.75, 3.05) is 0 Å². The third kappa shape index (κ3) is 4.02. The maximum atomic E-state index is 12.5. The third-order valence-electron chi connectivity index (χ3n) is 5.76. The molecule has 0 aliphatic heterocycles. The maximum Gasteiger partial charge on any atom is 0.311 e. The smallest absolute Gasteiger partial charge is 0.311 e. The van der Waals surface area contributed by atoms with Gasteiger partial charge in [0.2, 0.25) is 0 Å². The molecule has 0 heterocycles. The van der Waals surface area contributed by atoms with E-state index in [9.17, 15) is 4.79 Å². The van der Waals surface area contributed by atoms with Crippen molar-refractivity contribution in [3.05, 3.63) is 0 Å². The molecule has 0 aromatic carbocycles. The van der Waals surface area contributed by atoms with Crippen molar-refractivity contribution in [3.63, 3.8) is 0 Å². The molecular formula is C19H34O2. The van der Waals surface area contributed by atoms with E-state index in [4.69, 9.17) is 4.74 Å². The van der Waals surface area contributed by atoms with Crippen LogP contribution in [-0.4, -0.2) is 11.6 Å². The van der Waals surface area contributed by atoms with Crippen LogP contribution in [0.2, 0.25) is 0 Å². The lowest BCUT2D eigenvalue weighted by Crippen LogP contribution is -2.49. The minimum absolute atomic E-state index is 0.0128. The minimum atomic E-state index is -0.398. The van der Waals surface area contributed by atoms with E-state index in [1.54, 1.807) is 0 Å². The molecule has 2 fully saturated rings. The fourth-order valence-corrected chi connectivity index (χ4v) is 4.20. The molecule has 0 aromatic rings. The molecule has 0 amide bonds. The standard InChI is InChI=1S/C19H34O2/c1-18(2,3)17(20)21-19(4,15-11-7-5-8-12-15)16-13-9-6-10-14-16/h15-16H,5-14H2,1-4H3. The van der Waals surface area contributed by atoms with Gasteiger partial charge in [-0.2, -0.15) is 0 Å². The Hall–Kier alpha value is -0.530. The summed E-state index contributed by atoms with van der Waals surface area (Å²) in [5, 5.41) is 0. The monoisotopic (exact) mass is 294 g/mol. The first-order valence-corrected chi connectivity index (χ1v) is 9.07. The molecular weight excluding hydrogens is 260 g/mol. The molecule has 0 bridgehead atoms. The summed E-state index contributed by atoms with van der Waals surface area (Å²) in [7, 11) is 0. The number of esters is 1. The highest BCUT2D eigenvalue weighted by atomic mass is 16.6. The number of hydrogen-bond acceptors (Lipinski definition) is 2. The van der Waals surface area contributed by atoms with E-state index in [-0.39, 0.29) is 11.6 Å². The van der Waals surface area contributed by atoms with Crippen LogP contribution in [0, 0.1) is 17.3 Å². The Morgan fingerprint density at radius 3 is 1.48 bits per heavy atom. The summed E-state index contributed by atoms with van der Waals surface area (Å²) >= 11 is 0. The number of carbonyl (C=O) groups is 1. The molecule has 2 aliphatic carbocycles. The van der Waals surface area contributed by atoms with Crippen LogP contribution in [-0.2, 0) is 9.53 Å². The number of hydrogen-bond donors (Lipinski definition) is 0.